The van der Waals surface area contributed by atoms with Crippen molar-refractivity contribution in [3.05, 3.63) is 0 Å². The maximum Gasteiger partial charge on any atom is 0.133 e. The Labute approximate surface area is 79.3 Å². The van der Waals surface area contributed by atoms with Gasteiger partial charge in [-0.15, -0.1) is 0 Å². The van der Waals surface area contributed by atoms with Crippen molar-refractivity contribution in [3.8, 4) is 0 Å². The van der Waals surface area contributed by atoms with Crippen LogP contribution in [0, 0.1) is 0 Å². The first kappa shape index (κ1) is 9.16. The van der Waals surface area contributed by atoms with Crippen LogP contribution in [0.3, 0.4) is 0 Å². The van der Waals surface area contributed by atoms with Crippen molar-refractivity contribution in [1.82, 2.24) is 4.90 Å². The number of Topliss-reactive ketones (excluding diaryl/α,β-unsaturated/α-hetero) is 1. The summed E-state index contributed by atoms with van der Waals surface area (Å²) in [6.07, 6.45) is 4.51. The molecular weight excluding hydrogens is 164 g/mol. The van der Waals surface area contributed by atoms with Gasteiger partial charge in [0.2, 0.25) is 0 Å². The normalized spacial score (nSPS) is 34.3. The van der Waals surface area contributed by atoms with Crippen molar-refractivity contribution in [1.29, 1.82) is 0 Å². The number of nitrogens with two attached hydrogens (primary N) is 1. The molecule has 1 heterocycles. The summed E-state index contributed by atoms with van der Waals surface area (Å²) in [7, 11) is 2.14. The zero-order chi connectivity index (χ0) is 9.47. The van der Waals surface area contributed by atoms with E-state index in [0.717, 1.165) is 38.6 Å². The summed E-state index contributed by atoms with van der Waals surface area (Å²) < 4.78 is 0. The van der Waals surface area contributed by atoms with Crippen LogP contribution >= 0.6 is 0 Å². The fraction of sp³-hybridized carbons (Fsp3) is 0.900. The maximum atomic E-state index is 11.2. The van der Waals surface area contributed by atoms with Crippen LogP contribution in [-0.2, 0) is 4.79 Å². The van der Waals surface area contributed by atoms with Gasteiger partial charge >= 0.3 is 0 Å². The number of nitrogens with zero attached hydrogens (tertiary/aromatic N) is 1. The first-order chi connectivity index (χ1) is 6.15. The Kier molecular flexibility index (Phi) is 2.16. The van der Waals surface area contributed by atoms with Crippen LogP contribution in [0.1, 0.15) is 32.1 Å². The molecule has 2 rings (SSSR count). The van der Waals surface area contributed by atoms with Gasteiger partial charge in [0.05, 0.1) is 0 Å². The molecule has 0 aromatic heterocycles. The number of ketones is 1. The molecule has 1 unspecified atom stereocenters. The van der Waals surface area contributed by atoms with Gasteiger partial charge in [-0.1, -0.05) is 0 Å². The van der Waals surface area contributed by atoms with Gasteiger partial charge in [-0.2, -0.15) is 0 Å². The van der Waals surface area contributed by atoms with Crippen molar-refractivity contribution in [2.45, 2.75) is 43.7 Å². The topological polar surface area (TPSA) is 46.3 Å². The average molecular weight is 182 g/mol. The summed E-state index contributed by atoms with van der Waals surface area (Å²) in [4.78, 5) is 13.5. The van der Waals surface area contributed by atoms with Crippen molar-refractivity contribution < 1.29 is 4.79 Å². The molecule has 0 amide bonds. The van der Waals surface area contributed by atoms with Crippen LogP contribution in [-0.4, -0.2) is 35.9 Å². The summed E-state index contributed by atoms with van der Waals surface area (Å²) in [5.41, 5.74) is 6.29. The van der Waals surface area contributed by atoms with Crippen molar-refractivity contribution in [2.24, 2.45) is 5.73 Å². The van der Waals surface area contributed by atoms with E-state index in [2.05, 4.69) is 11.9 Å². The molecule has 1 spiro atoms. The summed E-state index contributed by atoms with van der Waals surface area (Å²) in [6.45, 7) is 1.09. The maximum absolute atomic E-state index is 11.2. The van der Waals surface area contributed by atoms with Crippen molar-refractivity contribution in [3.63, 3.8) is 0 Å². The molecule has 3 nitrogen and oxygen atoms in total. The Morgan fingerprint density at radius 1 is 1.46 bits per heavy atom. The Morgan fingerprint density at radius 2 is 2.08 bits per heavy atom. The molecule has 2 fully saturated rings. The van der Waals surface area contributed by atoms with E-state index in [1.165, 1.54) is 0 Å². The second kappa shape index (κ2) is 3.07. The van der Waals surface area contributed by atoms with Crippen LogP contribution in [0.25, 0.3) is 0 Å². The second-order valence-corrected chi connectivity index (χ2v) is 4.46. The van der Waals surface area contributed by atoms with Gasteiger partial charge < -0.3 is 5.73 Å². The van der Waals surface area contributed by atoms with E-state index < -0.39 is 0 Å². The van der Waals surface area contributed by atoms with Gasteiger partial charge in [0.1, 0.15) is 5.78 Å². The van der Waals surface area contributed by atoms with Crippen LogP contribution in [0.15, 0.2) is 0 Å². The van der Waals surface area contributed by atoms with Gasteiger partial charge in [0.25, 0.3) is 0 Å². The average Bonchev–Trinajstić information content (AvgIpc) is 2.39. The van der Waals surface area contributed by atoms with Gasteiger partial charge in [0, 0.05) is 24.4 Å². The zero-order valence-corrected chi connectivity index (χ0v) is 8.25. The molecule has 1 aliphatic heterocycles. The van der Waals surface area contributed by atoms with E-state index in [1.807, 2.05) is 0 Å². The highest BCUT2D eigenvalue weighted by atomic mass is 16.1. The Morgan fingerprint density at radius 3 is 2.54 bits per heavy atom. The van der Waals surface area contributed by atoms with E-state index in [4.69, 9.17) is 5.73 Å². The molecular formula is C10H18N2O. The SMILES string of the molecule is CN1CCC(N)C12CCC(=O)CC2. The highest BCUT2D eigenvalue weighted by Gasteiger charge is 2.46. The number of carbonyl (C=O) groups is 1. The smallest absolute Gasteiger partial charge is 0.133 e. The van der Waals surface area contributed by atoms with Gasteiger partial charge in [0.15, 0.2) is 0 Å². The second-order valence-electron chi connectivity index (χ2n) is 4.46. The Balaban J connectivity index is 2.14. The summed E-state index contributed by atoms with van der Waals surface area (Å²) >= 11 is 0. The van der Waals surface area contributed by atoms with E-state index in [9.17, 15) is 4.79 Å². The van der Waals surface area contributed by atoms with E-state index in [0.29, 0.717) is 5.78 Å². The fourth-order valence-corrected chi connectivity index (χ4v) is 2.82. The highest BCUT2D eigenvalue weighted by molar-refractivity contribution is 5.79. The van der Waals surface area contributed by atoms with Crippen LogP contribution in [0.5, 0.6) is 0 Å². The molecule has 0 aromatic carbocycles. The minimum absolute atomic E-state index is 0.161. The van der Waals surface area contributed by atoms with Gasteiger partial charge in [-0.25, -0.2) is 0 Å². The highest BCUT2D eigenvalue weighted by Crippen LogP contribution is 2.38. The molecule has 1 aliphatic carbocycles. The summed E-state index contributed by atoms with van der Waals surface area (Å²) in [5.74, 6) is 0.415. The van der Waals surface area contributed by atoms with Gasteiger partial charge in [-0.3, -0.25) is 9.69 Å². The zero-order valence-electron chi connectivity index (χ0n) is 8.25. The quantitative estimate of drug-likeness (QED) is 0.594. The third-order valence-electron chi connectivity index (χ3n) is 3.90. The van der Waals surface area contributed by atoms with Crippen LogP contribution in [0.2, 0.25) is 0 Å². The predicted molar refractivity (Wildman–Crippen MR) is 51.4 cm³/mol. The fourth-order valence-electron chi connectivity index (χ4n) is 2.82. The van der Waals surface area contributed by atoms with E-state index in [1.54, 1.807) is 0 Å². The molecule has 1 atom stereocenters. The molecule has 0 bridgehead atoms. The number of likely N-dealkylation sites (tertiary alicyclic amines) is 1. The minimum atomic E-state index is 0.161. The lowest BCUT2D eigenvalue weighted by Gasteiger charge is -2.42. The first-order valence-corrected chi connectivity index (χ1v) is 5.14. The number of hydrogen-bond donors (Lipinski definition) is 1. The van der Waals surface area contributed by atoms with Crippen molar-refractivity contribution in [2.75, 3.05) is 13.6 Å². The lowest BCUT2D eigenvalue weighted by atomic mass is 9.77. The molecule has 0 radical (unpaired) electrons. The molecule has 2 aliphatic rings. The van der Waals surface area contributed by atoms with E-state index in [-0.39, 0.29) is 11.6 Å². The number of hydrogen-bond acceptors (Lipinski definition) is 3. The third-order valence-corrected chi connectivity index (χ3v) is 3.90. The first-order valence-electron chi connectivity index (χ1n) is 5.14. The molecule has 13 heavy (non-hydrogen) atoms. The summed E-state index contributed by atoms with van der Waals surface area (Å²) in [6, 6.07) is 0.283. The van der Waals surface area contributed by atoms with Gasteiger partial charge in [-0.05, 0) is 32.9 Å². The standard InChI is InChI=1S/C10H18N2O/c1-12-7-4-9(11)10(12)5-2-8(13)3-6-10/h9H,2-7,11H2,1H3. The van der Waals surface area contributed by atoms with Crippen LogP contribution in [0.4, 0.5) is 0 Å². The van der Waals surface area contributed by atoms with Crippen molar-refractivity contribution >= 4 is 5.78 Å². The Bertz CT molecular complexity index is 205. The van der Waals surface area contributed by atoms with E-state index >= 15 is 0 Å². The lowest BCUT2D eigenvalue weighted by molar-refractivity contribution is -0.122. The predicted octanol–water partition coefficient (Wildman–Crippen LogP) is 0.531. The molecule has 3 heteroatoms. The molecule has 74 valence electrons. The molecule has 1 saturated heterocycles. The third kappa shape index (κ3) is 1.30. The van der Waals surface area contributed by atoms with Crippen LogP contribution < -0.4 is 5.73 Å². The lowest BCUT2D eigenvalue weighted by Crippen LogP contribution is -2.54. The minimum Gasteiger partial charge on any atom is -0.326 e. The number of carbonyl (C=O) groups excluding carboxylic acids is 1. The largest absolute Gasteiger partial charge is 0.326 e. The number of rotatable bonds is 0. The molecule has 2 N–H and O–H groups in total. The molecule has 1 saturated carbocycles. The monoisotopic (exact) mass is 182 g/mol. The Hall–Kier alpha value is -0.410. The molecule has 0 aromatic rings. The number of likely N-dealkylation sites (N-methyl/N-ethyl adjacent to an activating group) is 1. The summed E-state index contributed by atoms with van der Waals surface area (Å²) in [5, 5.41) is 0.